The Bertz CT molecular complexity index is 540. The highest BCUT2D eigenvalue weighted by atomic mass is 16.2. The summed E-state index contributed by atoms with van der Waals surface area (Å²) in [6.45, 7) is 2.89. The minimum atomic E-state index is -0.718. The molecule has 1 heterocycles. The first kappa shape index (κ1) is 11.3. The largest absolute Gasteiger partial charge is 0.310 e. The van der Waals surface area contributed by atoms with Crippen molar-refractivity contribution in [1.29, 1.82) is 5.26 Å². The van der Waals surface area contributed by atoms with Gasteiger partial charge in [-0.05, 0) is 36.8 Å². The lowest BCUT2D eigenvalue weighted by Gasteiger charge is -2.34. The van der Waals surface area contributed by atoms with Crippen LogP contribution in [0, 0.1) is 22.7 Å². The van der Waals surface area contributed by atoms with E-state index in [1.165, 1.54) is 5.56 Å². The molecule has 0 bridgehead atoms. The van der Waals surface area contributed by atoms with E-state index in [1.54, 1.807) is 0 Å². The number of benzene rings is 1. The molecule has 2 aliphatic rings. The molecule has 1 unspecified atom stereocenters. The minimum Gasteiger partial charge on any atom is -0.310 e. The fourth-order valence-electron chi connectivity index (χ4n) is 2.75. The van der Waals surface area contributed by atoms with Gasteiger partial charge in [0, 0.05) is 12.2 Å². The number of nitriles is 1. The highest BCUT2D eigenvalue weighted by Gasteiger charge is 2.53. The lowest BCUT2D eigenvalue weighted by Crippen LogP contribution is -2.43. The van der Waals surface area contributed by atoms with Gasteiger partial charge in [-0.15, -0.1) is 0 Å². The van der Waals surface area contributed by atoms with Gasteiger partial charge in [0.1, 0.15) is 5.41 Å². The number of carbonyl (C=O) groups is 1. The number of fused-ring (bicyclic) bond motifs is 1. The SMILES string of the molecule is CC1Cc2ccccc2N(C(=O)C2(C#N)CC2)C1. The van der Waals surface area contributed by atoms with E-state index in [4.69, 9.17) is 0 Å². The van der Waals surface area contributed by atoms with Crippen LogP contribution in [0.1, 0.15) is 25.3 Å². The van der Waals surface area contributed by atoms with Crippen LogP contribution in [0.15, 0.2) is 24.3 Å². The molecule has 0 spiro atoms. The van der Waals surface area contributed by atoms with Crippen LogP contribution in [0.5, 0.6) is 0 Å². The van der Waals surface area contributed by atoms with Gasteiger partial charge in [0.15, 0.2) is 0 Å². The molecule has 1 aliphatic carbocycles. The standard InChI is InChI=1S/C15H16N2O/c1-11-8-12-4-2-3-5-13(12)17(9-11)14(18)15(10-16)6-7-15/h2-5,11H,6-9H2,1H3. The zero-order chi connectivity index (χ0) is 12.8. The van der Waals surface area contributed by atoms with Gasteiger partial charge in [-0.25, -0.2) is 0 Å². The highest BCUT2D eigenvalue weighted by molar-refractivity contribution is 6.02. The third-order valence-corrected chi connectivity index (χ3v) is 3.96. The van der Waals surface area contributed by atoms with E-state index in [0.717, 1.165) is 31.5 Å². The van der Waals surface area contributed by atoms with E-state index in [-0.39, 0.29) is 5.91 Å². The second-order valence-corrected chi connectivity index (χ2v) is 5.55. The summed E-state index contributed by atoms with van der Waals surface area (Å²) in [5.74, 6) is 0.461. The number of carbonyl (C=O) groups excluding carboxylic acids is 1. The summed E-state index contributed by atoms with van der Waals surface area (Å²) < 4.78 is 0. The summed E-state index contributed by atoms with van der Waals surface area (Å²) in [4.78, 5) is 14.4. The lowest BCUT2D eigenvalue weighted by atomic mass is 9.92. The molecule has 3 heteroatoms. The van der Waals surface area contributed by atoms with Gasteiger partial charge in [-0.2, -0.15) is 5.26 Å². The molecular formula is C15H16N2O. The Balaban J connectivity index is 1.98. The number of hydrogen-bond acceptors (Lipinski definition) is 2. The van der Waals surface area contributed by atoms with Gasteiger partial charge in [-0.1, -0.05) is 25.1 Å². The summed E-state index contributed by atoms with van der Waals surface area (Å²) in [5.41, 5.74) is 1.50. The number of para-hydroxylation sites is 1. The van der Waals surface area contributed by atoms with E-state index >= 15 is 0 Å². The third-order valence-electron chi connectivity index (χ3n) is 3.96. The van der Waals surface area contributed by atoms with Crippen LogP contribution in [-0.2, 0) is 11.2 Å². The van der Waals surface area contributed by atoms with Crippen molar-refractivity contribution in [3.05, 3.63) is 29.8 Å². The average molecular weight is 240 g/mol. The normalized spacial score (nSPS) is 24.0. The topological polar surface area (TPSA) is 44.1 Å². The predicted molar refractivity (Wildman–Crippen MR) is 68.9 cm³/mol. The van der Waals surface area contributed by atoms with Gasteiger partial charge >= 0.3 is 0 Å². The molecule has 1 aromatic rings. The molecule has 92 valence electrons. The molecule has 1 atom stereocenters. The smallest absolute Gasteiger partial charge is 0.247 e. The zero-order valence-corrected chi connectivity index (χ0v) is 10.5. The summed E-state index contributed by atoms with van der Waals surface area (Å²) in [6.07, 6.45) is 2.45. The number of hydrogen-bond donors (Lipinski definition) is 0. The molecule has 3 rings (SSSR count). The maximum absolute atomic E-state index is 12.5. The second kappa shape index (κ2) is 3.84. The van der Waals surface area contributed by atoms with Crippen LogP contribution in [0.4, 0.5) is 5.69 Å². The third kappa shape index (κ3) is 1.60. The highest BCUT2D eigenvalue weighted by Crippen LogP contribution is 2.48. The monoisotopic (exact) mass is 240 g/mol. The van der Waals surface area contributed by atoms with Crippen molar-refractivity contribution in [1.82, 2.24) is 0 Å². The first-order valence-electron chi connectivity index (χ1n) is 6.47. The van der Waals surface area contributed by atoms with Gasteiger partial charge in [-0.3, -0.25) is 4.79 Å². The Labute approximate surface area is 107 Å². The van der Waals surface area contributed by atoms with Crippen LogP contribution in [0.3, 0.4) is 0 Å². The maximum atomic E-state index is 12.5. The van der Waals surface area contributed by atoms with E-state index in [9.17, 15) is 10.1 Å². The van der Waals surface area contributed by atoms with Gasteiger partial charge in [0.05, 0.1) is 6.07 Å². The average Bonchev–Trinajstić information content (AvgIpc) is 3.18. The molecule has 1 fully saturated rings. The molecule has 1 aliphatic heterocycles. The maximum Gasteiger partial charge on any atom is 0.247 e. The molecule has 18 heavy (non-hydrogen) atoms. The van der Waals surface area contributed by atoms with Crippen LogP contribution in [0.25, 0.3) is 0 Å². The van der Waals surface area contributed by atoms with E-state index in [2.05, 4.69) is 19.1 Å². The van der Waals surface area contributed by atoms with Crippen molar-refractivity contribution in [2.24, 2.45) is 11.3 Å². The molecule has 1 saturated carbocycles. The zero-order valence-electron chi connectivity index (χ0n) is 10.5. The van der Waals surface area contributed by atoms with E-state index < -0.39 is 5.41 Å². The predicted octanol–water partition coefficient (Wildman–Crippen LogP) is 2.52. The first-order chi connectivity index (χ1) is 8.66. The second-order valence-electron chi connectivity index (χ2n) is 5.55. The quantitative estimate of drug-likeness (QED) is 0.757. The van der Waals surface area contributed by atoms with Crippen molar-refractivity contribution in [3.63, 3.8) is 0 Å². The number of anilines is 1. The Morgan fingerprint density at radius 2 is 2.17 bits per heavy atom. The molecule has 0 aromatic heterocycles. The van der Waals surface area contributed by atoms with Crippen molar-refractivity contribution in [2.45, 2.75) is 26.2 Å². The molecular weight excluding hydrogens is 224 g/mol. The Hall–Kier alpha value is -1.82. The Morgan fingerprint density at radius 1 is 1.44 bits per heavy atom. The molecule has 0 N–H and O–H groups in total. The molecule has 1 amide bonds. The molecule has 3 nitrogen and oxygen atoms in total. The number of nitrogens with zero attached hydrogens (tertiary/aromatic N) is 2. The molecule has 0 saturated heterocycles. The van der Waals surface area contributed by atoms with Crippen LogP contribution in [0.2, 0.25) is 0 Å². The van der Waals surface area contributed by atoms with Crippen molar-refractivity contribution >= 4 is 11.6 Å². The van der Waals surface area contributed by atoms with Gasteiger partial charge in [0.2, 0.25) is 5.91 Å². The van der Waals surface area contributed by atoms with Gasteiger partial charge < -0.3 is 4.90 Å². The van der Waals surface area contributed by atoms with Crippen LogP contribution in [-0.4, -0.2) is 12.5 Å². The fourth-order valence-corrected chi connectivity index (χ4v) is 2.75. The van der Waals surface area contributed by atoms with Gasteiger partial charge in [0.25, 0.3) is 0 Å². The molecule has 1 aromatic carbocycles. The van der Waals surface area contributed by atoms with Crippen molar-refractivity contribution in [2.75, 3.05) is 11.4 Å². The molecule has 0 radical (unpaired) electrons. The summed E-state index contributed by atoms with van der Waals surface area (Å²) in [7, 11) is 0. The number of rotatable bonds is 1. The Kier molecular flexibility index (Phi) is 2.41. The van der Waals surface area contributed by atoms with E-state index in [1.807, 2.05) is 23.1 Å². The van der Waals surface area contributed by atoms with E-state index in [0.29, 0.717) is 5.92 Å². The lowest BCUT2D eigenvalue weighted by molar-refractivity contribution is -0.122. The first-order valence-corrected chi connectivity index (χ1v) is 6.47. The number of amides is 1. The Morgan fingerprint density at radius 3 is 2.83 bits per heavy atom. The summed E-state index contributed by atoms with van der Waals surface area (Å²) in [5, 5.41) is 9.17. The summed E-state index contributed by atoms with van der Waals surface area (Å²) in [6, 6.07) is 10.2. The van der Waals surface area contributed by atoms with Crippen LogP contribution < -0.4 is 4.90 Å². The fraction of sp³-hybridized carbons (Fsp3) is 0.467. The van der Waals surface area contributed by atoms with Crippen LogP contribution >= 0.6 is 0 Å². The summed E-state index contributed by atoms with van der Waals surface area (Å²) >= 11 is 0. The van der Waals surface area contributed by atoms with Crippen molar-refractivity contribution in [3.8, 4) is 6.07 Å². The minimum absolute atomic E-state index is 0.00370. The van der Waals surface area contributed by atoms with Crippen molar-refractivity contribution < 1.29 is 4.79 Å².